The molecule has 2 aromatic rings. The van der Waals surface area contributed by atoms with Gasteiger partial charge in [-0.2, -0.15) is 0 Å². The monoisotopic (exact) mass is 291 g/mol. The van der Waals surface area contributed by atoms with Crippen LogP contribution in [0.15, 0.2) is 53.4 Å². The van der Waals surface area contributed by atoms with Crippen LogP contribution in [0.1, 0.15) is 15.9 Å². The Hall–Kier alpha value is -1.45. The van der Waals surface area contributed by atoms with Crippen LogP contribution in [0, 0.1) is 0 Å². The molecule has 0 atom stereocenters. The lowest BCUT2D eigenvalue weighted by atomic mass is 10.1. The third-order valence-corrected chi connectivity index (χ3v) is 3.74. The number of rotatable bonds is 4. The van der Waals surface area contributed by atoms with Gasteiger partial charge < -0.3 is 5.32 Å². The van der Waals surface area contributed by atoms with Crippen molar-refractivity contribution in [2.24, 2.45) is 0 Å². The second kappa shape index (κ2) is 6.64. The van der Waals surface area contributed by atoms with Crippen LogP contribution >= 0.6 is 23.4 Å². The van der Waals surface area contributed by atoms with Gasteiger partial charge in [0.25, 0.3) is 5.91 Å². The number of hydrogen-bond donors (Lipinski definition) is 1. The minimum Gasteiger partial charge on any atom is -0.322 e. The molecule has 1 amide bonds. The number of halogens is 1. The molecular formula is C15H14ClNOS. The van der Waals surface area contributed by atoms with Crippen molar-refractivity contribution in [3.05, 3.63) is 59.7 Å². The first-order valence-corrected chi connectivity index (χ1v) is 7.59. The predicted molar refractivity (Wildman–Crippen MR) is 82.2 cm³/mol. The van der Waals surface area contributed by atoms with Crippen LogP contribution in [0.2, 0.25) is 0 Å². The van der Waals surface area contributed by atoms with Gasteiger partial charge in [-0.3, -0.25) is 4.79 Å². The third kappa shape index (κ3) is 3.75. The van der Waals surface area contributed by atoms with E-state index in [9.17, 15) is 4.79 Å². The molecule has 1 N–H and O–H groups in total. The van der Waals surface area contributed by atoms with Crippen molar-refractivity contribution in [2.45, 2.75) is 10.8 Å². The van der Waals surface area contributed by atoms with E-state index in [2.05, 4.69) is 5.32 Å². The lowest BCUT2D eigenvalue weighted by Crippen LogP contribution is -2.11. The third-order valence-electron chi connectivity index (χ3n) is 2.69. The Morgan fingerprint density at radius 2 is 1.95 bits per heavy atom. The Kier molecular flexibility index (Phi) is 4.88. The fourth-order valence-electron chi connectivity index (χ4n) is 1.67. The lowest BCUT2D eigenvalue weighted by Gasteiger charge is -2.06. The standard InChI is InChI=1S/C15H14ClNOS/c1-19-14-7-5-13(6-8-14)17-15(18)12-4-2-3-11(9-12)10-16/h2-9H,10H2,1H3,(H,17,18). The van der Waals surface area contributed by atoms with E-state index in [0.29, 0.717) is 11.4 Å². The summed E-state index contributed by atoms with van der Waals surface area (Å²) in [7, 11) is 0. The van der Waals surface area contributed by atoms with Crippen LogP contribution < -0.4 is 5.32 Å². The molecule has 0 unspecified atom stereocenters. The second-order valence-corrected chi connectivity index (χ2v) is 5.16. The highest BCUT2D eigenvalue weighted by atomic mass is 35.5. The van der Waals surface area contributed by atoms with E-state index in [1.807, 2.05) is 42.7 Å². The molecule has 0 aromatic heterocycles. The summed E-state index contributed by atoms with van der Waals surface area (Å²) in [6, 6.07) is 15.1. The molecule has 0 bridgehead atoms. The van der Waals surface area contributed by atoms with Gasteiger partial charge in [-0.15, -0.1) is 23.4 Å². The van der Waals surface area contributed by atoms with Crippen LogP contribution in [0.5, 0.6) is 0 Å². The first-order valence-electron chi connectivity index (χ1n) is 5.83. The van der Waals surface area contributed by atoms with Gasteiger partial charge >= 0.3 is 0 Å². The van der Waals surface area contributed by atoms with Crippen molar-refractivity contribution in [1.29, 1.82) is 0 Å². The maximum Gasteiger partial charge on any atom is 0.255 e. The predicted octanol–water partition coefficient (Wildman–Crippen LogP) is 4.40. The molecule has 19 heavy (non-hydrogen) atoms. The summed E-state index contributed by atoms with van der Waals surface area (Å²) in [5, 5.41) is 2.87. The Bertz CT molecular complexity index is 569. The number of alkyl halides is 1. The summed E-state index contributed by atoms with van der Waals surface area (Å²) in [6.07, 6.45) is 2.02. The summed E-state index contributed by atoms with van der Waals surface area (Å²) in [5.74, 6) is 0.285. The zero-order valence-electron chi connectivity index (χ0n) is 10.5. The van der Waals surface area contributed by atoms with Crippen LogP contribution in [0.25, 0.3) is 0 Å². The van der Waals surface area contributed by atoms with E-state index in [1.54, 1.807) is 23.9 Å². The average molecular weight is 292 g/mol. The Balaban J connectivity index is 2.11. The molecule has 0 heterocycles. The number of carbonyl (C=O) groups is 1. The van der Waals surface area contributed by atoms with Crippen molar-refractivity contribution < 1.29 is 4.79 Å². The van der Waals surface area contributed by atoms with E-state index >= 15 is 0 Å². The van der Waals surface area contributed by atoms with Crippen molar-refractivity contribution in [3.63, 3.8) is 0 Å². The van der Waals surface area contributed by atoms with Crippen LogP contribution in [0.4, 0.5) is 5.69 Å². The number of anilines is 1. The van der Waals surface area contributed by atoms with Gasteiger partial charge in [-0.05, 0) is 48.2 Å². The van der Waals surface area contributed by atoms with Crippen molar-refractivity contribution in [2.75, 3.05) is 11.6 Å². The van der Waals surface area contributed by atoms with Crippen LogP contribution in [0.3, 0.4) is 0 Å². The molecule has 0 aliphatic rings. The topological polar surface area (TPSA) is 29.1 Å². The van der Waals surface area contributed by atoms with Crippen LogP contribution in [-0.2, 0) is 5.88 Å². The molecule has 0 aliphatic carbocycles. The van der Waals surface area contributed by atoms with E-state index in [4.69, 9.17) is 11.6 Å². The van der Waals surface area contributed by atoms with E-state index in [0.717, 1.165) is 11.3 Å². The molecule has 0 spiro atoms. The van der Waals surface area contributed by atoms with E-state index in [-0.39, 0.29) is 5.91 Å². The SMILES string of the molecule is CSc1ccc(NC(=O)c2cccc(CCl)c2)cc1. The Labute approximate surface area is 122 Å². The summed E-state index contributed by atoms with van der Waals surface area (Å²) in [6.45, 7) is 0. The molecule has 0 aliphatic heterocycles. The number of nitrogens with one attached hydrogen (secondary N) is 1. The fourth-order valence-corrected chi connectivity index (χ4v) is 2.25. The first kappa shape index (κ1) is 14.0. The molecular weight excluding hydrogens is 278 g/mol. The highest BCUT2D eigenvalue weighted by molar-refractivity contribution is 7.98. The average Bonchev–Trinajstić information content (AvgIpc) is 2.48. The molecule has 98 valence electrons. The summed E-state index contributed by atoms with van der Waals surface area (Å²) >= 11 is 7.43. The van der Waals surface area contributed by atoms with Crippen LogP contribution in [-0.4, -0.2) is 12.2 Å². The molecule has 0 saturated heterocycles. The lowest BCUT2D eigenvalue weighted by molar-refractivity contribution is 0.102. The van der Waals surface area contributed by atoms with Gasteiger partial charge in [0.1, 0.15) is 0 Å². The number of benzene rings is 2. The van der Waals surface area contributed by atoms with Crippen molar-refractivity contribution in [1.82, 2.24) is 0 Å². The molecule has 0 saturated carbocycles. The quantitative estimate of drug-likeness (QED) is 0.668. The highest BCUT2D eigenvalue weighted by Crippen LogP contribution is 2.18. The molecule has 4 heteroatoms. The molecule has 2 rings (SSSR count). The molecule has 0 radical (unpaired) electrons. The van der Waals surface area contributed by atoms with Gasteiger partial charge in [-0.1, -0.05) is 12.1 Å². The van der Waals surface area contributed by atoms with Gasteiger partial charge in [0.05, 0.1) is 0 Å². The zero-order chi connectivity index (χ0) is 13.7. The second-order valence-electron chi connectivity index (χ2n) is 4.02. The van der Waals surface area contributed by atoms with Gasteiger partial charge in [0.15, 0.2) is 0 Å². The van der Waals surface area contributed by atoms with Gasteiger partial charge in [0, 0.05) is 22.0 Å². The number of hydrogen-bond acceptors (Lipinski definition) is 2. The number of amides is 1. The fraction of sp³-hybridized carbons (Fsp3) is 0.133. The number of carbonyl (C=O) groups excluding carboxylic acids is 1. The minimum atomic E-state index is -0.121. The molecule has 2 nitrogen and oxygen atoms in total. The first-order chi connectivity index (χ1) is 9.22. The van der Waals surface area contributed by atoms with E-state index < -0.39 is 0 Å². The van der Waals surface area contributed by atoms with E-state index in [1.165, 1.54) is 4.90 Å². The van der Waals surface area contributed by atoms with Crippen molar-refractivity contribution >= 4 is 35.0 Å². The molecule has 2 aromatic carbocycles. The molecule has 0 fully saturated rings. The van der Waals surface area contributed by atoms with Gasteiger partial charge in [-0.25, -0.2) is 0 Å². The maximum atomic E-state index is 12.1. The minimum absolute atomic E-state index is 0.121. The zero-order valence-corrected chi connectivity index (χ0v) is 12.1. The maximum absolute atomic E-state index is 12.1. The summed E-state index contributed by atoms with van der Waals surface area (Å²) < 4.78 is 0. The smallest absolute Gasteiger partial charge is 0.255 e. The number of thioether (sulfide) groups is 1. The van der Waals surface area contributed by atoms with Gasteiger partial charge in [0.2, 0.25) is 0 Å². The largest absolute Gasteiger partial charge is 0.322 e. The Morgan fingerprint density at radius 1 is 1.21 bits per heavy atom. The summed E-state index contributed by atoms with van der Waals surface area (Å²) in [4.78, 5) is 13.2. The normalized spacial score (nSPS) is 10.2. The highest BCUT2D eigenvalue weighted by Gasteiger charge is 2.06. The summed E-state index contributed by atoms with van der Waals surface area (Å²) in [5.41, 5.74) is 2.35. The Morgan fingerprint density at radius 3 is 2.58 bits per heavy atom. The van der Waals surface area contributed by atoms with Crippen molar-refractivity contribution in [3.8, 4) is 0 Å².